The average Bonchev–Trinajstić information content (AvgIpc) is 2.87. The van der Waals surface area contributed by atoms with E-state index in [1.165, 1.54) is 0 Å². The second-order valence-corrected chi connectivity index (χ2v) is 5.68. The molecular weight excluding hydrogens is 268 g/mol. The number of nitrogens with zero attached hydrogens (tertiary/aromatic N) is 3. The van der Waals surface area contributed by atoms with Crippen LogP contribution in [0.4, 0.5) is 0 Å². The zero-order valence-corrected chi connectivity index (χ0v) is 13.1. The number of nitrogens with one attached hydrogen (secondary N) is 1. The van der Waals surface area contributed by atoms with E-state index in [-0.39, 0.29) is 5.91 Å². The first kappa shape index (κ1) is 16.0. The summed E-state index contributed by atoms with van der Waals surface area (Å²) in [5.41, 5.74) is 0.984. The Hall–Kier alpha value is -1.40. The second-order valence-electron chi connectivity index (χ2n) is 5.68. The predicted molar refractivity (Wildman–Crippen MR) is 80.9 cm³/mol. The largest absolute Gasteiger partial charge is 0.361 e. The lowest BCUT2D eigenvalue weighted by Gasteiger charge is -2.33. The van der Waals surface area contributed by atoms with E-state index >= 15 is 0 Å². The zero-order chi connectivity index (χ0) is 15.1. The molecule has 2 rings (SSSR count). The zero-order valence-electron chi connectivity index (χ0n) is 13.1. The molecule has 118 valence electrons. The van der Waals surface area contributed by atoms with Gasteiger partial charge in [-0.1, -0.05) is 18.5 Å². The summed E-state index contributed by atoms with van der Waals surface area (Å²) in [5, 5.41) is 6.99. The number of aryl methyl sites for hydroxylation is 1. The van der Waals surface area contributed by atoms with Gasteiger partial charge in [-0.05, 0) is 13.3 Å². The van der Waals surface area contributed by atoms with Gasteiger partial charge in [0.1, 0.15) is 5.76 Å². The van der Waals surface area contributed by atoms with E-state index in [0.29, 0.717) is 6.54 Å². The lowest BCUT2D eigenvalue weighted by molar-refractivity contribution is -0.122. The summed E-state index contributed by atoms with van der Waals surface area (Å²) < 4.78 is 5.09. The van der Waals surface area contributed by atoms with E-state index in [4.69, 9.17) is 4.52 Å². The number of hydrogen-bond donors (Lipinski definition) is 1. The van der Waals surface area contributed by atoms with E-state index < -0.39 is 0 Å². The highest BCUT2D eigenvalue weighted by atomic mass is 16.5. The van der Waals surface area contributed by atoms with Gasteiger partial charge in [0.2, 0.25) is 5.91 Å². The summed E-state index contributed by atoms with van der Waals surface area (Å²) in [6, 6.07) is 1.98. The molecule has 2 heterocycles. The number of hydrogen-bond acceptors (Lipinski definition) is 5. The molecule has 1 aromatic rings. The smallest absolute Gasteiger partial charge is 0.234 e. The Morgan fingerprint density at radius 3 is 2.67 bits per heavy atom. The molecule has 1 amide bonds. The van der Waals surface area contributed by atoms with Crippen molar-refractivity contribution in [3.05, 3.63) is 17.5 Å². The van der Waals surface area contributed by atoms with Crippen molar-refractivity contribution in [1.82, 2.24) is 20.3 Å². The van der Waals surface area contributed by atoms with E-state index in [1.807, 2.05) is 13.0 Å². The number of carbonyl (C=O) groups excluding carboxylic acids is 1. The van der Waals surface area contributed by atoms with Crippen LogP contribution in [-0.2, 0) is 11.3 Å². The van der Waals surface area contributed by atoms with Gasteiger partial charge in [0.15, 0.2) is 0 Å². The van der Waals surface area contributed by atoms with Crippen molar-refractivity contribution in [2.24, 2.45) is 0 Å². The number of aromatic nitrogens is 1. The third kappa shape index (κ3) is 5.47. The quantitative estimate of drug-likeness (QED) is 0.761. The number of amides is 1. The first-order valence-corrected chi connectivity index (χ1v) is 7.81. The van der Waals surface area contributed by atoms with Crippen LogP contribution in [0.15, 0.2) is 10.6 Å². The Kier molecular flexibility index (Phi) is 6.20. The number of rotatable bonds is 7. The maximum atomic E-state index is 11.8. The fraction of sp³-hybridized carbons (Fsp3) is 0.733. The lowest BCUT2D eigenvalue weighted by atomic mass is 10.2. The van der Waals surface area contributed by atoms with Crippen LogP contribution < -0.4 is 5.32 Å². The van der Waals surface area contributed by atoms with Crippen LogP contribution >= 0.6 is 0 Å². The Bertz CT molecular complexity index is 439. The Labute approximate surface area is 126 Å². The molecule has 1 saturated heterocycles. The minimum atomic E-state index is 0.143. The van der Waals surface area contributed by atoms with Gasteiger partial charge in [0, 0.05) is 45.3 Å². The molecule has 0 bridgehead atoms. The summed E-state index contributed by atoms with van der Waals surface area (Å²) in [7, 11) is 0. The predicted octanol–water partition coefficient (Wildman–Crippen LogP) is 1.02. The maximum Gasteiger partial charge on any atom is 0.234 e. The summed E-state index contributed by atoms with van der Waals surface area (Å²) in [6.07, 6.45) is 2.16. The van der Waals surface area contributed by atoms with E-state index in [1.54, 1.807) is 0 Å². The van der Waals surface area contributed by atoms with Crippen molar-refractivity contribution in [3.63, 3.8) is 0 Å². The molecule has 1 fully saturated rings. The van der Waals surface area contributed by atoms with Crippen molar-refractivity contribution >= 4 is 5.91 Å². The SMILES string of the molecule is CCCCNC(=O)CN1CCN(Cc2cc(C)on2)CC1. The highest BCUT2D eigenvalue weighted by Crippen LogP contribution is 2.08. The van der Waals surface area contributed by atoms with Crippen LogP contribution in [0.1, 0.15) is 31.2 Å². The molecular formula is C15H26N4O2. The summed E-state index contributed by atoms with van der Waals surface area (Å²) in [6.45, 7) is 9.96. The van der Waals surface area contributed by atoms with E-state index in [0.717, 1.165) is 63.6 Å². The van der Waals surface area contributed by atoms with Crippen molar-refractivity contribution < 1.29 is 9.32 Å². The third-order valence-electron chi connectivity index (χ3n) is 3.75. The number of unbranched alkanes of at least 4 members (excludes halogenated alkanes) is 1. The standard InChI is InChI=1S/C15H26N4O2/c1-3-4-5-16-15(20)12-19-8-6-18(7-9-19)11-14-10-13(2)21-17-14/h10H,3-9,11-12H2,1-2H3,(H,16,20). The highest BCUT2D eigenvalue weighted by molar-refractivity contribution is 5.77. The summed E-state index contributed by atoms with van der Waals surface area (Å²) in [4.78, 5) is 16.3. The molecule has 0 aromatic carbocycles. The molecule has 0 radical (unpaired) electrons. The van der Waals surface area contributed by atoms with E-state index in [2.05, 4.69) is 27.2 Å². The molecule has 6 heteroatoms. The van der Waals surface area contributed by atoms with Crippen LogP contribution in [-0.4, -0.2) is 60.1 Å². The van der Waals surface area contributed by atoms with Crippen LogP contribution in [0, 0.1) is 6.92 Å². The van der Waals surface area contributed by atoms with Crippen LogP contribution in [0.5, 0.6) is 0 Å². The van der Waals surface area contributed by atoms with Gasteiger partial charge in [0.25, 0.3) is 0 Å². The molecule has 0 aliphatic carbocycles. The Morgan fingerprint density at radius 2 is 2.05 bits per heavy atom. The minimum absolute atomic E-state index is 0.143. The molecule has 1 aromatic heterocycles. The normalized spacial score (nSPS) is 17.0. The average molecular weight is 294 g/mol. The minimum Gasteiger partial charge on any atom is -0.361 e. The third-order valence-corrected chi connectivity index (χ3v) is 3.75. The number of piperazine rings is 1. The van der Waals surface area contributed by atoms with Crippen LogP contribution in [0.25, 0.3) is 0 Å². The summed E-state index contributed by atoms with van der Waals surface area (Å²) >= 11 is 0. The van der Waals surface area contributed by atoms with Crippen molar-refractivity contribution in [2.75, 3.05) is 39.3 Å². The monoisotopic (exact) mass is 294 g/mol. The van der Waals surface area contributed by atoms with Crippen LogP contribution in [0.3, 0.4) is 0 Å². The van der Waals surface area contributed by atoms with Gasteiger partial charge >= 0.3 is 0 Å². The number of carbonyl (C=O) groups is 1. The highest BCUT2D eigenvalue weighted by Gasteiger charge is 2.19. The fourth-order valence-electron chi connectivity index (χ4n) is 2.49. The maximum absolute atomic E-state index is 11.8. The summed E-state index contributed by atoms with van der Waals surface area (Å²) in [5.74, 6) is 0.997. The molecule has 6 nitrogen and oxygen atoms in total. The molecule has 0 saturated carbocycles. The van der Waals surface area contributed by atoms with Gasteiger partial charge in [-0.25, -0.2) is 0 Å². The molecule has 0 unspecified atom stereocenters. The molecule has 0 atom stereocenters. The van der Waals surface area contributed by atoms with Crippen molar-refractivity contribution in [2.45, 2.75) is 33.2 Å². The van der Waals surface area contributed by atoms with Gasteiger partial charge in [-0.15, -0.1) is 0 Å². The molecule has 1 aliphatic rings. The molecule has 21 heavy (non-hydrogen) atoms. The van der Waals surface area contributed by atoms with Gasteiger partial charge in [0.05, 0.1) is 12.2 Å². The van der Waals surface area contributed by atoms with Gasteiger partial charge < -0.3 is 9.84 Å². The molecule has 1 N–H and O–H groups in total. The second kappa shape index (κ2) is 8.14. The molecule has 0 spiro atoms. The Morgan fingerprint density at radius 1 is 1.33 bits per heavy atom. The first-order chi connectivity index (χ1) is 10.2. The molecule has 1 aliphatic heterocycles. The van der Waals surface area contributed by atoms with Crippen molar-refractivity contribution in [1.29, 1.82) is 0 Å². The van der Waals surface area contributed by atoms with E-state index in [9.17, 15) is 4.79 Å². The first-order valence-electron chi connectivity index (χ1n) is 7.81. The van der Waals surface area contributed by atoms with Gasteiger partial charge in [-0.3, -0.25) is 14.6 Å². The Balaban J connectivity index is 1.65. The lowest BCUT2D eigenvalue weighted by Crippen LogP contribution is -2.49. The fourth-order valence-corrected chi connectivity index (χ4v) is 2.49. The van der Waals surface area contributed by atoms with Crippen molar-refractivity contribution in [3.8, 4) is 0 Å². The van der Waals surface area contributed by atoms with Crippen LogP contribution in [0.2, 0.25) is 0 Å². The topological polar surface area (TPSA) is 61.6 Å². The van der Waals surface area contributed by atoms with Gasteiger partial charge in [-0.2, -0.15) is 0 Å².